The number of carboxylic acids is 1. The van der Waals surface area contributed by atoms with Gasteiger partial charge in [0.25, 0.3) is 0 Å². The molecule has 0 heterocycles. The van der Waals surface area contributed by atoms with Crippen molar-refractivity contribution in [2.24, 2.45) is 5.92 Å². The van der Waals surface area contributed by atoms with Crippen LogP contribution >= 0.6 is 0 Å². The Morgan fingerprint density at radius 3 is 2.09 bits per heavy atom. The highest BCUT2D eigenvalue weighted by Crippen LogP contribution is 2.44. The normalized spacial score (nSPS) is 13.0. The zero-order valence-corrected chi connectivity index (χ0v) is 17.7. The standard InChI is InChI=1S/C26H25NO5/c1-31-19-12-10-17(11-13-19)14-18(25(28)29)15-27-26(30)32-16-24-22-8-4-2-6-20(22)21-7-3-5-9-23(21)24/h2-13,18,24H,14-16H2,1H3,(H,27,30)(H,28,29)/p-1. The van der Waals surface area contributed by atoms with Crippen molar-refractivity contribution < 1.29 is 24.2 Å². The summed E-state index contributed by atoms with van der Waals surface area (Å²) in [4.78, 5) is 23.9. The molecule has 1 amide bonds. The minimum absolute atomic E-state index is 0.0515. The summed E-state index contributed by atoms with van der Waals surface area (Å²) in [7, 11) is 1.57. The Labute approximate surface area is 186 Å². The van der Waals surface area contributed by atoms with Crippen molar-refractivity contribution in [3.63, 3.8) is 0 Å². The molecule has 1 unspecified atom stereocenters. The van der Waals surface area contributed by atoms with Gasteiger partial charge in [-0.15, -0.1) is 0 Å². The molecule has 3 aromatic rings. The molecule has 3 aromatic carbocycles. The van der Waals surface area contributed by atoms with Crippen molar-refractivity contribution in [1.29, 1.82) is 0 Å². The molecule has 1 aliphatic rings. The van der Waals surface area contributed by atoms with E-state index in [1.54, 1.807) is 31.4 Å². The fraction of sp³-hybridized carbons (Fsp3) is 0.231. The smallest absolute Gasteiger partial charge is 0.407 e. The van der Waals surface area contributed by atoms with Crippen LogP contribution in [0.25, 0.3) is 11.1 Å². The largest absolute Gasteiger partial charge is 0.550 e. The van der Waals surface area contributed by atoms with Gasteiger partial charge in [0.2, 0.25) is 0 Å². The summed E-state index contributed by atoms with van der Waals surface area (Å²) in [6.45, 7) is 0.0966. The van der Waals surface area contributed by atoms with E-state index in [2.05, 4.69) is 17.4 Å². The SMILES string of the molecule is COc1ccc(CC(CNC(=O)OCC2c3ccccc3-c3ccccc32)C(=O)[O-])cc1. The maximum atomic E-state index is 12.3. The third kappa shape index (κ3) is 4.59. The molecule has 0 saturated carbocycles. The topological polar surface area (TPSA) is 87.7 Å². The molecule has 6 heteroatoms. The Morgan fingerprint density at radius 2 is 1.53 bits per heavy atom. The lowest BCUT2D eigenvalue weighted by atomic mass is 9.98. The van der Waals surface area contributed by atoms with Gasteiger partial charge in [0.15, 0.2) is 0 Å². The predicted octanol–water partition coefficient (Wildman–Crippen LogP) is 3.14. The summed E-state index contributed by atoms with van der Waals surface area (Å²) in [5.41, 5.74) is 5.35. The summed E-state index contributed by atoms with van der Waals surface area (Å²) in [6.07, 6.45) is -0.413. The summed E-state index contributed by atoms with van der Waals surface area (Å²) in [5, 5.41) is 14.1. The Kier molecular flexibility index (Phi) is 6.40. The van der Waals surface area contributed by atoms with Crippen molar-refractivity contribution in [3.05, 3.63) is 89.5 Å². The maximum Gasteiger partial charge on any atom is 0.407 e. The molecule has 1 aliphatic carbocycles. The maximum absolute atomic E-state index is 12.3. The number of ether oxygens (including phenoxy) is 2. The van der Waals surface area contributed by atoms with E-state index in [1.165, 1.54) is 0 Å². The quantitative estimate of drug-likeness (QED) is 0.593. The number of rotatable bonds is 8. The van der Waals surface area contributed by atoms with Crippen molar-refractivity contribution >= 4 is 12.1 Å². The van der Waals surface area contributed by atoms with Crippen LogP contribution in [0.1, 0.15) is 22.6 Å². The molecule has 0 bridgehead atoms. The van der Waals surface area contributed by atoms with Crippen LogP contribution < -0.4 is 15.2 Å². The van der Waals surface area contributed by atoms with Crippen LogP contribution in [0.4, 0.5) is 4.79 Å². The van der Waals surface area contributed by atoms with Gasteiger partial charge < -0.3 is 24.7 Å². The molecule has 164 valence electrons. The molecular weight excluding hydrogens is 406 g/mol. The van der Waals surface area contributed by atoms with Crippen molar-refractivity contribution in [3.8, 4) is 16.9 Å². The first-order valence-corrected chi connectivity index (χ1v) is 10.5. The van der Waals surface area contributed by atoms with Gasteiger partial charge in [-0.3, -0.25) is 0 Å². The van der Waals surface area contributed by atoms with Crippen LogP contribution in [0.5, 0.6) is 5.75 Å². The first kappa shape index (κ1) is 21.4. The third-order valence-corrected chi connectivity index (χ3v) is 5.81. The van der Waals surface area contributed by atoms with Gasteiger partial charge in [0, 0.05) is 24.3 Å². The van der Waals surface area contributed by atoms with E-state index in [1.807, 2.05) is 36.4 Å². The van der Waals surface area contributed by atoms with E-state index in [0.29, 0.717) is 5.75 Å². The number of carboxylic acid groups (broad SMARTS) is 1. The molecule has 0 radical (unpaired) electrons. The number of hydrogen-bond acceptors (Lipinski definition) is 5. The van der Waals surface area contributed by atoms with Crippen molar-refractivity contribution in [2.75, 3.05) is 20.3 Å². The highest BCUT2D eigenvalue weighted by atomic mass is 16.5. The second kappa shape index (κ2) is 9.56. The number of amides is 1. The lowest BCUT2D eigenvalue weighted by molar-refractivity contribution is -0.311. The van der Waals surface area contributed by atoms with Gasteiger partial charge in [0.1, 0.15) is 12.4 Å². The minimum Gasteiger partial charge on any atom is -0.550 e. The third-order valence-electron chi connectivity index (χ3n) is 5.81. The van der Waals surface area contributed by atoms with Gasteiger partial charge in [-0.1, -0.05) is 60.7 Å². The predicted molar refractivity (Wildman–Crippen MR) is 118 cm³/mol. The van der Waals surface area contributed by atoms with Crippen LogP contribution in [-0.4, -0.2) is 32.3 Å². The Hall–Kier alpha value is -3.80. The molecular formula is C26H24NO5-. The molecule has 0 saturated heterocycles. The zero-order valence-electron chi connectivity index (χ0n) is 17.7. The fourth-order valence-corrected chi connectivity index (χ4v) is 4.14. The fourth-order valence-electron chi connectivity index (χ4n) is 4.14. The molecule has 32 heavy (non-hydrogen) atoms. The lowest BCUT2D eigenvalue weighted by Gasteiger charge is -2.19. The van der Waals surface area contributed by atoms with Crippen molar-refractivity contribution in [2.45, 2.75) is 12.3 Å². The van der Waals surface area contributed by atoms with Crippen LogP contribution in [0.15, 0.2) is 72.8 Å². The molecule has 4 rings (SSSR count). The molecule has 0 aliphatic heterocycles. The van der Waals surface area contributed by atoms with Gasteiger partial charge in [0.05, 0.1) is 7.11 Å². The molecule has 0 aromatic heterocycles. The molecule has 1 atom stereocenters. The van der Waals surface area contributed by atoms with E-state index in [-0.39, 0.29) is 25.5 Å². The van der Waals surface area contributed by atoms with Crippen LogP contribution in [0.2, 0.25) is 0 Å². The molecule has 0 spiro atoms. The van der Waals surface area contributed by atoms with Gasteiger partial charge in [-0.05, 0) is 46.4 Å². The van der Waals surface area contributed by atoms with E-state index in [0.717, 1.165) is 27.8 Å². The Bertz CT molecular complexity index is 1060. The first-order chi connectivity index (χ1) is 15.6. The number of benzene rings is 3. The molecule has 0 fully saturated rings. The number of alkyl carbamates (subject to hydrolysis) is 1. The van der Waals surface area contributed by atoms with Gasteiger partial charge in [-0.2, -0.15) is 0 Å². The minimum atomic E-state index is -1.22. The second-order valence-electron chi connectivity index (χ2n) is 7.77. The Morgan fingerprint density at radius 1 is 0.938 bits per heavy atom. The van der Waals surface area contributed by atoms with E-state index in [9.17, 15) is 14.7 Å². The number of carbonyl (C=O) groups is 2. The highest BCUT2D eigenvalue weighted by molar-refractivity contribution is 5.79. The van der Waals surface area contributed by atoms with E-state index < -0.39 is 18.0 Å². The summed E-state index contributed by atoms with van der Waals surface area (Å²) in [5.74, 6) is -1.46. The number of carbonyl (C=O) groups excluding carboxylic acids is 2. The Balaban J connectivity index is 1.35. The van der Waals surface area contributed by atoms with E-state index in [4.69, 9.17) is 9.47 Å². The number of methoxy groups -OCH3 is 1. The average Bonchev–Trinajstić information content (AvgIpc) is 3.14. The zero-order chi connectivity index (χ0) is 22.5. The van der Waals surface area contributed by atoms with Crippen LogP contribution in [0.3, 0.4) is 0 Å². The number of aliphatic carboxylic acids is 1. The van der Waals surface area contributed by atoms with Crippen molar-refractivity contribution in [1.82, 2.24) is 5.32 Å². The summed E-state index contributed by atoms with van der Waals surface area (Å²) >= 11 is 0. The monoisotopic (exact) mass is 430 g/mol. The summed E-state index contributed by atoms with van der Waals surface area (Å²) in [6, 6.07) is 23.3. The number of nitrogens with one attached hydrogen (secondary N) is 1. The van der Waals surface area contributed by atoms with Crippen LogP contribution in [0, 0.1) is 5.92 Å². The second-order valence-corrected chi connectivity index (χ2v) is 7.77. The van der Waals surface area contributed by atoms with Gasteiger partial charge in [-0.25, -0.2) is 4.79 Å². The highest BCUT2D eigenvalue weighted by Gasteiger charge is 2.29. The number of fused-ring (bicyclic) bond motifs is 3. The molecule has 1 N–H and O–H groups in total. The molecule has 6 nitrogen and oxygen atoms in total. The van der Waals surface area contributed by atoms with Gasteiger partial charge >= 0.3 is 6.09 Å². The van der Waals surface area contributed by atoms with E-state index >= 15 is 0 Å². The average molecular weight is 430 g/mol. The first-order valence-electron chi connectivity index (χ1n) is 10.5. The summed E-state index contributed by atoms with van der Waals surface area (Å²) < 4.78 is 10.6. The lowest BCUT2D eigenvalue weighted by Crippen LogP contribution is -2.41. The number of hydrogen-bond donors (Lipinski definition) is 1. The van der Waals surface area contributed by atoms with Crippen LogP contribution in [-0.2, 0) is 16.0 Å².